The number of carbonyl (C=O) groups excluding carboxylic acids is 1. The fraction of sp³-hybridized carbons (Fsp3) is 0.731. The molecule has 1 amide bonds. The quantitative estimate of drug-likeness (QED) is 0.294. The largest absolute Gasteiger partial charge is 0.462 e. The maximum Gasteiger partial charge on any atom is 0.269 e. The molecule has 15 heteroatoms. The van der Waals surface area contributed by atoms with Crippen LogP contribution in [0.25, 0.3) is 0 Å². The van der Waals surface area contributed by atoms with E-state index in [2.05, 4.69) is 5.32 Å². The molecule has 0 radical (unpaired) electrons. The first-order chi connectivity index (χ1) is 19.2. The van der Waals surface area contributed by atoms with Crippen molar-refractivity contribution in [2.75, 3.05) is 13.2 Å². The first-order valence-corrected chi connectivity index (χ1v) is 13.4. The molecule has 4 heterocycles. The van der Waals surface area contributed by atoms with E-state index in [1.54, 1.807) is 27.7 Å². The molecule has 0 aliphatic carbocycles. The predicted molar refractivity (Wildman–Crippen MR) is 135 cm³/mol. The zero-order valence-corrected chi connectivity index (χ0v) is 23.3. The number of nitro benzene ring substituents is 1. The summed E-state index contributed by atoms with van der Waals surface area (Å²) in [5.74, 6) is -2.17. The van der Waals surface area contributed by atoms with E-state index in [4.69, 9.17) is 37.9 Å². The maximum atomic E-state index is 12.0. The summed E-state index contributed by atoms with van der Waals surface area (Å²) in [6.45, 7) is 8.11. The van der Waals surface area contributed by atoms with Gasteiger partial charge in [0, 0.05) is 19.1 Å². The summed E-state index contributed by atoms with van der Waals surface area (Å²) in [4.78, 5) is 22.4. The molecule has 4 saturated heterocycles. The van der Waals surface area contributed by atoms with Crippen molar-refractivity contribution in [2.24, 2.45) is 0 Å². The highest BCUT2D eigenvalue weighted by Crippen LogP contribution is 2.39. The SMILES string of the molecule is CC(=O)N[C@H]1[C@H](OC[C@H]2O[C@@H](Oc3ccc([N+](=O)[O-])cc3)[C@H](O)[C@H]3OC(C)(C)O[C@H]32)O[C@@H]2COC(C)(C)O[C@H]2[C@@H]1O. The van der Waals surface area contributed by atoms with Crippen LogP contribution in [0, 0.1) is 10.1 Å². The summed E-state index contributed by atoms with van der Waals surface area (Å²) < 4.78 is 47.6. The first kappa shape index (κ1) is 30.0. The van der Waals surface area contributed by atoms with Crippen LogP contribution in [-0.2, 0) is 38.0 Å². The summed E-state index contributed by atoms with van der Waals surface area (Å²) in [6.07, 6.45) is -8.69. The standard InChI is InChI=1S/C26H36N2O13/c1-12(29)27-17-18(30)20-16(11-35-25(2,3)39-20)37-23(17)34-10-15-21-22(41-26(4,5)40-21)19(31)24(38-15)36-14-8-6-13(7-9-14)28(32)33/h6-9,15-24,30-31H,10-11H2,1-5H3,(H,27,29)/t15-,16-,17-,18-,19-,20-,21+,22-,23-,24-/m1/s1. The maximum absolute atomic E-state index is 12.0. The van der Waals surface area contributed by atoms with Crippen LogP contribution in [0.2, 0.25) is 0 Å². The predicted octanol–water partition coefficient (Wildman–Crippen LogP) is 0.338. The van der Waals surface area contributed by atoms with Crippen LogP contribution in [-0.4, -0.2) is 107 Å². The lowest BCUT2D eigenvalue weighted by Gasteiger charge is -2.50. The molecule has 10 atom stereocenters. The number of non-ortho nitro benzene ring substituents is 1. The Kier molecular flexibility index (Phi) is 8.28. The van der Waals surface area contributed by atoms with Gasteiger partial charge in [0.2, 0.25) is 12.2 Å². The van der Waals surface area contributed by atoms with Crippen LogP contribution in [0.3, 0.4) is 0 Å². The van der Waals surface area contributed by atoms with Crippen molar-refractivity contribution in [3.05, 3.63) is 34.4 Å². The van der Waals surface area contributed by atoms with Gasteiger partial charge in [-0.1, -0.05) is 0 Å². The monoisotopic (exact) mass is 584 g/mol. The summed E-state index contributed by atoms with van der Waals surface area (Å²) in [6, 6.07) is 4.35. The van der Waals surface area contributed by atoms with E-state index in [-0.39, 0.29) is 24.7 Å². The van der Waals surface area contributed by atoms with E-state index >= 15 is 0 Å². The Balaban J connectivity index is 1.32. The average Bonchev–Trinajstić information content (AvgIpc) is 3.23. The van der Waals surface area contributed by atoms with Crippen molar-refractivity contribution in [1.82, 2.24) is 5.32 Å². The number of nitro groups is 1. The summed E-state index contributed by atoms with van der Waals surface area (Å²) in [5, 5.41) is 35.8. The third-order valence-electron chi connectivity index (χ3n) is 7.24. The van der Waals surface area contributed by atoms with E-state index < -0.39 is 83.8 Å². The van der Waals surface area contributed by atoms with Gasteiger partial charge in [-0.3, -0.25) is 14.9 Å². The molecular formula is C26H36N2O13. The third-order valence-corrected chi connectivity index (χ3v) is 7.24. The molecular weight excluding hydrogens is 548 g/mol. The lowest BCUT2D eigenvalue weighted by Crippen LogP contribution is -2.68. The van der Waals surface area contributed by atoms with Gasteiger partial charge < -0.3 is 53.4 Å². The van der Waals surface area contributed by atoms with Crippen molar-refractivity contribution in [3.63, 3.8) is 0 Å². The van der Waals surface area contributed by atoms with Crippen LogP contribution in [0.4, 0.5) is 5.69 Å². The van der Waals surface area contributed by atoms with Gasteiger partial charge in [-0.25, -0.2) is 0 Å². The number of fused-ring (bicyclic) bond motifs is 2. The van der Waals surface area contributed by atoms with E-state index in [0.29, 0.717) is 0 Å². The number of hydrogen-bond donors (Lipinski definition) is 3. The van der Waals surface area contributed by atoms with Gasteiger partial charge >= 0.3 is 0 Å². The van der Waals surface area contributed by atoms with E-state index in [0.717, 1.165) is 0 Å². The lowest BCUT2D eigenvalue weighted by molar-refractivity contribution is -0.384. The molecule has 0 saturated carbocycles. The number of hydrogen-bond acceptors (Lipinski definition) is 13. The lowest BCUT2D eigenvalue weighted by atomic mass is 9.95. The van der Waals surface area contributed by atoms with E-state index in [9.17, 15) is 25.1 Å². The van der Waals surface area contributed by atoms with Gasteiger partial charge in [0.05, 0.1) is 18.1 Å². The molecule has 0 spiro atoms. The second-order valence-corrected chi connectivity index (χ2v) is 11.4. The molecule has 5 rings (SSSR count). The fourth-order valence-electron chi connectivity index (χ4n) is 5.43. The van der Waals surface area contributed by atoms with Crippen LogP contribution in [0.1, 0.15) is 34.6 Å². The molecule has 41 heavy (non-hydrogen) atoms. The van der Waals surface area contributed by atoms with Gasteiger partial charge in [0.1, 0.15) is 54.5 Å². The zero-order chi connectivity index (χ0) is 29.7. The van der Waals surface area contributed by atoms with Crippen molar-refractivity contribution in [3.8, 4) is 5.75 Å². The molecule has 4 aliphatic rings. The first-order valence-electron chi connectivity index (χ1n) is 13.4. The number of rotatable bonds is 7. The fourth-order valence-corrected chi connectivity index (χ4v) is 5.43. The normalized spacial score (nSPS) is 39.3. The molecule has 0 bridgehead atoms. The highest BCUT2D eigenvalue weighted by Gasteiger charge is 2.57. The second-order valence-electron chi connectivity index (χ2n) is 11.4. The Bertz CT molecular complexity index is 1120. The van der Waals surface area contributed by atoms with Crippen LogP contribution in [0.15, 0.2) is 24.3 Å². The number of nitrogens with one attached hydrogen (secondary N) is 1. The molecule has 1 aromatic rings. The van der Waals surface area contributed by atoms with E-state index in [1.807, 2.05) is 0 Å². The number of aliphatic hydroxyl groups is 2. The number of aliphatic hydroxyl groups excluding tert-OH is 2. The van der Waals surface area contributed by atoms with Gasteiger partial charge in [-0.05, 0) is 39.8 Å². The number of carbonyl (C=O) groups is 1. The Morgan fingerprint density at radius 3 is 2.32 bits per heavy atom. The Hall–Kier alpha value is -2.47. The van der Waals surface area contributed by atoms with Crippen molar-refractivity contribution in [1.29, 1.82) is 0 Å². The summed E-state index contributed by atoms with van der Waals surface area (Å²) in [5.41, 5.74) is -0.119. The molecule has 3 N–H and O–H groups in total. The number of benzene rings is 1. The summed E-state index contributed by atoms with van der Waals surface area (Å²) >= 11 is 0. The van der Waals surface area contributed by atoms with Gasteiger partial charge in [-0.15, -0.1) is 0 Å². The number of amides is 1. The second kappa shape index (κ2) is 11.3. The Labute approximate surface area is 236 Å². The molecule has 4 fully saturated rings. The third kappa shape index (κ3) is 6.48. The van der Waals surface area contributed by atoms with Crippen molar-refractivity contribution in [2.45, 2.75) is 108 Å². The van der Waals surface area contributed by atoms with Crippen LogP contribution >= 0.6 is 0 Å². The number of ether oxygens (including phenoxy) is 8. The minimum atomic E-state index is -1.27. The minimum Gasteiger partial charge on any atom is -0.462 e. The van der Waals surface area contributed by atoms with Gasteiger partial charge in [0.25, 0.3) is 5.69 Å². The smallest absolute Gasteiger partial charge is 0.269 e. The topological polar surface area (TPSA) is 187 Å². The van der Waals surface area contributed by atoms with Gasteiger partial charge in [-0.2, -0.15) is 0 Å². The van der Waals surface area contributed by atoms with Crippen molar-refractivity contribution < 1.29 is 57.8 Å². The molecule has 4 aliphatic heterocycles. The Morgan fingerprint density at radius 1 is 1.00 bits per heavy atom. The molecule has 15 nitrogen and oxygen atoms in total. The average molecular weight is 585 g/mol. The van der Waals surface area contributed by atoms with E-state index in [1.165, 1.54) is 31.2 Å². The molecule has 228 valence electrons. The Morgan fingerprint density at radius 2 is 1.66 bits per heavy atom. The molecule has 1 aromatic carbocycles. The molecule has 0 unspecified atom stereocenters. The number of nitrogens with zero attached hydrogens (tertiary/aromatic N) is 1. The van der Waals surface area contributed by atoms with Crippen LogP contribution < -0.4 is 10.1 Å². The highest BCUT2D eigenvalue weighted by atomic mass is 16.8. The summed E-state index contributed by atoms with van der Waals surface area (Å²) in [7, 11) is 0. The zero-order valence-electron chi connectivity index (χ0n) is 23.3. The minimum absolute atomic E-state index is 0.119. The molecule has 0 aromatic heterocycles. The highest BCUT2D eigenvalue weighted by molar-refractivity contribution is 5.73. The van der Waals surface area contributed by atoms with Gasteiger partial charge in [0.15, 0.2) is 17.9 Å². The van der Waals surface area contributed by atoms with Crippen molar-refractivity contribution >= 4 is 11.6 Å². The van der Waals surface area contributed by atoms with Crippen LogP contribution in [0.5, 0.6) is 5.75 Å².